The summed E-state index contributed by atoms with van der Waals surface area (Å²) in [7, 11) is 0. The molecule has 200 valence electrons. The molecule has 0 aromatic heterocycles. The average molecular weight is 529 g/mol. The third-order valence-corrected chi connectivity index (χ3v) is 8.08. The van der Waals surface area contributed by atoms with Crippen molar-refractivity contribution in [1.29, 1.82) is 5.26 Å². The van der Waals surface area contributed by atoms with E-state index in [1.54, 1.807) is 9.80 Å². The monoisotopic (exact) mass is 529 g/mol. The van der Waals surface area contributed by atoms with Crippen molar-refractivity contribution in [2.75, 3.05) is 13.1 Å². The van der Waals surface area contributed by atoms with E-state index in [1.807, 2.05) is 0 Å². The number of carbonyl (C=O) groups excluding carboxylic acids is 2. The Morgan fingerprint density at radius 2 is 1.73 bits per heavy atom. The Bertz CT molecular complexity index is 1130. The fourth-order valence-corrected chi connectivity index (χ4v) is 6.19. The van der Waals surface area contributed by atoms with Gasteiger partial charge in [-0.1, -0.05) is 0 Å². The van der Waals surface area contributed by atoms with Gasteiger partial charge in [0.2, 0.25) is 11.8 Å². The van der Waals surface area contributed by atoms with Crippen LogP contribution in [-0.2, 0) is 21.9 Å². The number of alkyl halides is 6. The number of hydrogen-bond acceptors (Lipinski definition) is 5. The van der Waals surface area contributed by atoms with E-state index in [2.05, 4.69) is 6.07 Å². The van der Waals surface area contributed by atoms with Gasteiger partial charge in [0.15, 0.2) is 0 Å². The molecule has 2 unspecified atom stereocenters. The summed E-state index contributed by atoms with van der Waals surface area (Å²) in [5.41, 5.74) is 3.06. The summed E-state index contributed by atoms with van der Waals surface area (Å²) < 4.78 is 79.9. The first-order valence-electron chi connectivity index (χ1n) is 12.0. The maximum Gasteiger partial charge on any atom is 0.416 e. The smallest absolute Gasteiger partial charge is 0.330 e. The zero-order valence-electron chi connectivity index (χ0n) is 19.8. The molecule has 4 fully saturated rings. The largest absolute Gasteiger partial charge is 0.416 e. The lowest BCUT2D eigenvalue weighted by Crippen LogP contribution is -2.57. The number of nitrogens with two attached hydrogens (primary N) is 1. The van der Waals surface area contributed by atoms with Crippen LogP contribution in [0.4, 0.5) is 26.3 Å². The molecule has 0 radical (unpaired) electrons. The predicted octanol–water partition coefficient (Wildman–Crippen LogP) is 2.91. The van der Waals surface area contributed by atoms with E-state index in [0.717, 1.165) is 6.42 Å². The van der Waals surface area contributed by atoms with Crippen LogP contribution < -0.4 is 5.73 Å². The maximum absolute atomic E-state index is 13.3. The number of rotatable bonds is 5. The Morgan fingerprint density at radius 1 is 1.11 bits per heavy atom. The van der Waals surface area contributed by atoms with Gasteiger partial charge in [-0.2, -0.15) is 31.6 Å². The molecule has 4 aliphatic rings. The summed E-state index contributed by atoms with van der Waals surface area (Å²) in [4.78, 5) is 30.8. The lowest BCUT2D eigenvalue weighted by Gasteiger charge is -2.39. The van der Waals surface area contributed by atoms with Crippen molar-refractivity contribution >= 4 is 11.8 Å². The first-order chi connectivity index (χ1) is 17.2. The van der Waals surface area contributed by atoms with Gasteiger partial charge in [-0.15, -0.1) is 0 Å². The lowest BCUT2D eigenvalue weighted by molar-refractivity contribution is -0.143. The minimum Gasteiger partial charge on any atom is -0.330 e. The Hall–Kier alpha value is -2.85. The van der Waals surface area contributed by atoms with Gasteiger partial charge in [0, 0.05) is 25.2 Å². The molecule has 7 atom stereocenters. The van der Waals surface area contributed by atoms with Crippen LogP contribution in [0.5, 0.6) is 0 Å². The first kappa shape index (κ1) is 25.8. The summed E-state index contributed by atoms with van der Waals surface area (Å²) >= 11 is 0. The van der Waals surface area contributed by atoms with Gasteiger partial charge in [-0.3, -0.25) is 14.5 Å². The Balaban J connectivity index is 1.30. The fourth-order valence-electron chi connectivity index (χ4n) is 6.19. The second kappa shape index (κ2) is 8.59. The minimum atomic E-state index is -4.98. The molecule has 2 amide bonds. The summed E-state index contributed by atoms with van der Waals surface area (Å²) in [5.74, 6) is -0.442. The standard InChI is InChI=1S/C24H25F6N5O2/c1-11(12-2-14(23(25,26)27)6-15(3-12)24(28,29)30)34-17-7-20(22(34)37)33(9-17)10-18(32)21(36)35-16(8-31)4-13-5-19(13)35/h2-3,6,11,13,16-20H,4-5,7,9-10,32H2,1H3/t11-,13-,16+,17?,18+,19?,20-/m1/s1. The van der Waals surface area contributed by atoms with E-state index in [4.69, 9.17) is 5.73 Å². The SMILES string of the molecule is C[C@H](c1cc(C(F)(F)F)cc(C(F)(F)F)c1)N1C(=O)[C@H]2CC1CN2C[C@H](N)C(=O)N1C2C[C@H]2C[C@H]1C#N. The molecule has 37 heavy (non-hydrogen) atoms. The van der Waals surface area contributed by atoms with Crippen LogP contribution in [0.15, 0.2) is 18.2 Å². The van der Waals surface area contributed by atoms with Gasteiger partial charge in [-0.25, -0.2) is 0 Å². The van der Waals surface area contributed by atoms with Crippen LogP contribution in [0, 0.1) is 17.2 Å². The van der Waals surface area contributed by atoms with Crippen LogP contribution in [0.25, 0.3) is 0 Å². The molecular formula is C24H25F6N5O2. The molecule has 1 aliphatic carbocycles. The van der Waals surface area contributed by atoms with E-state index in [0.29, 0.717) is 37.4 Å². The summed E-state index contributed by atoms with van der Waals surface area (Å²) in [6.45, 7) is 1.78. The van der Waals surface area contributed by atoms with Crippen LogP contribution in [-0.4, -0.2) is 69.8 Å². The number of piperazine rings is 1. The van der Waals surface area contributed by atoms with Crippen LogP contribution >= 0.6 is 0 Å². The molecule has 3 aliphatic heterocycles. The fraction of sp³-hybridized carbons (Fsp3) is 0.625. The number of benzene rings is 1. The molecule has 2 N–H and O–H groups in total. The van der Waals surface area contributed by atoms with Gasteiger partial charge in [0.25, 0.3) is 0 Å². The molecule has 3 heterocycles. The maximum atomic E-state index is 13.3. The van der Waals surface area contributed by atoms with E-state index in [1.165, 1.54) is 11.8 Å². The van der Waals surface area contributed by atoms with Crippen LogP contribution in [0.3, 0.4) is 0 Å². The number of nitrogens with zero attached hydrogens (tertiary/aromatic N) is 4. The van der Waals surface area contributed by atoms with Gasteiger partial charge < -0.3 is 15.5 Å². The molecule has 0 spiro atoms. The highest BCUT2D eigenvalue weighted by molar-refractivity contribution is 5.87. The summed E-state index contributed by atoms with van der Waals surface area (Å²) in [6.07, 6.45) is -8.15. The van der Waals surface area contributed by atoms with E-state index < -0.39 is 59.6 Å². The molecule has 3 saturated heterocycles. The van der Waals surface area contributed by atoms with Gasteiger partial charge >= 0.3 is 12.4 Å². The zero-order valence-corrected chi connectivity index (χ0v) is 19.8. The second-order valence-electron chi connectivity index (χ2n) is 10.4. The highest BCUT2D eigenvalue weighted by Gasteiger charge is 2.56. The summed E-state index contributed by atoms with van der Waals surface area (Å²) in [6, 6.07) is -0.0555. The Labute approximate surface area is 208 Å². The molecule has 2 bridgehead atoms. The van der Waals surface area contributed by atoms with Gasteiger partial charge in [0.05, 0.1) is 35.3 Å². The second-order valence-corrected chi connectivity index (χ2v) is 10.4. The molecule has 1 aromatic rings. The van der Waals surface area contributed by atoms with Crippen molar-refractivity contribution in [3.8, 4) is 6.07 Å². The molecule has 1 aromatic carbocycles. The third-order valence-electron chi connectivity index (χ3n) is 8.08. The van der Waals surface area contributed by atoms with Crippen molar-refractivity contribution < 1.29 is 35.9 Å². The summed E-state index contributed by atoms with van der Waals surface area (Å²) in [5, 5.41) is 9.34. The van der Waals surface area contributed by atoms with Gasteiger partial charge in [-0.05, 0) is 55.9 Å². The van der Waals surface area contributed by atoms with E-state index in [9.17, 15) is 41.2 Å². The number of nitriles is 1. The predicted molar refractivity (Wildman–Crippen MR) is 116 cm³/mol. The Morgan fingerprint density at radius 3 is 2.27 bits per heavy atom. The van der Waals surface area contributed by atoms with Gasteiger partial charge in [0.1, 0.15) is 6.04 Å². The number of amides is 2. The molecule has 7 nitrogen and oxygen atoms in total. The number of halogens is 6. The number of fused-ring (bicyclic) bond motifs is 3. The quantitative estimate of drug-likeness (QED) is 0.593. The molecule has 13 heteroatoms. The number of hydrogen-bond donors (Lipinski definition) is 1. The molecule has 5 rings (SSSR count). The van der Waals surface area contributed by atoms with Crippen molar-refractivity contribution in [2.24, 2.45) is 11.7 Å². The first-order valence-corrected chi connectivity index (χ1v) is 12.0. The van der Waals surface area contributed by atoms with Crippen molar-refractivity contribution in [3.05, 3.63) is 34.9 Å². The minimum absolute atomic E-state index is 0.0326. The van der Waals surface area contributed by atoms with Crippen molar-refractivity contribution in [1.82, 2.24) is 14.7 Å². The topological polar surface area (TPSA) is 93.7 Å². The highest BCUT2D eigenvalue weighted by atomic mass is 19.4. The average Bonchev–Trinajstić information content (AvgIpc) is 3.15. The Kier molecular flexibility index (Phi) is 5.99. The van der Waals surface area contributed by atoms with Crippen molar-refractivity contribution in [3.63, 3.8) is 0 Å². The van der Waals surface area contributed by atoms with Crippen LogP contribution in [0.1, 0.15) is 48.9 Å². The van der Waals surface area contributed by atoms with E-state index >= 15 is 0 Å². The number of piperidine rings is 1. The normalized spacial score (nSPS) is 30.9. The van der Waals surface area contributed by atoms with Crippen LogP contribution in [0.2, 0.25) is 0 Å². The highest BCUT2D eigenvalue weighted by Crippen LogP contribution is 2.48. The third kappa shape index (κ3) is 4.44. The molecular weight excluding hydrogens is 504 g/mol. The zero-order chi connectivity index (χ0) is 27.0. The lowest BCUT2D eigenvalue weighted by atomic mass is 9.98. The van der Waals surface area contributed by atoms with E-state index in [-0.39, 0.29) is 30.1 Å². The molecule has 1 saturated carbocycles. The number of carbonyl (C=O) groups is 2. The number of likely N-dealkylation sites (tertiary alicyclic amines) is 3. The van der Waals surface area contributed by atoms with Crippen molar-refractivity contribution in [2.45, 2.75) is 74.8 Å².